The number of amides is 2. The topological polar surface area (TPSA) is 93.7 Å². The SMILES string of the molecule is COc1ccc(Cl)cc1C(=O)NNC(=O)COC(=O)Cc1ccc(C)c(C)c1. The van der Waals surface area contributed by atoms with E-state index >= 15 is 0 Å². The van der Waals surface area contributed by atoms with Crippen molar-refractivity contribution < 1.29 is 23.9 Å². The van der Waals surface area contributed by atoms with Gasteiger partial charge in [-0.15, -0.1) is 0 Å². The Morgan fingerprint density at radius 2 is 1.75 bits per heavy atom. The molecule has 0 atom stereocenters. The standard InChI is InChI=1S/C20H21ClN2O5/c1-12-4-5-14(8-13(12)2)9-19(25)28-11-18(24)22-23-20(26)16-10-15(21)6-7-17(16)27-3/h4-8,10H,9,11H2,1-3H3,(H,22,24)(H,23,26). The predicted molar refractivity (Wildman–Crippen MR) is 104 cm³/mol. The van der Waals surface area contributed by atoms with E-state index in [1.54, 1.807) is 6.07 Å². The van der Waals surface area contributed by atoms with Crippen molar-refractivity contribution >= 4 is 29.4 Å². The molecule has 8 heteroatoms. The highest BCUT2D eigenvalue weighted by Crippen LogP contribution is 2.22. The average molecular weight is 405 g/mol. The van der Waals surface area contributed by atoms with Gasteiger partial charge in [-0.25, -0.2) is 0 Å². The van der Waals surface area contributed by atoms with E-state index in [0.29, 0.717) is 10.8 Å². The Morgan fingerprint density at radius 3 is 2.43 bits per heavy atom. The maximum atomic E-state index is 12.1. The molecule has 0 aromatic heterocycles. The van der Waals surface area contributed by atoms with E-state index in [-0.39, 0.29) is 12.0 Å². The number of carbonyl (C=O) groups excluding carboxylic acids is 3. The number of aryl methyl sites for hydroxylation is 2. The van der Waals surface area contributed by atoms with E-state index in [0.717, 1.165) is 16.7 Å². The third-order valence-electron chi connectivity index (χ3n) is 4.01. The van der Waals surface area contributed by atoms with Crippen LogP contribution in [-0.2, 0) is 20.7 Å². The van der Waals surface area contributed by atoms with Crippen molar-refractivity contribution in [1.82, 2.24) is 10.9 Å². The fraction of sp³-hybridized carbons (Fsp3) is 0.250. The average Bonchev–Trinajstić information content (AvgIpc) is 2.67. The molecule has 2 aromatic rings. The first-order valence-electron chi connectivity index (χ1n) is 8.44. The van der Waals surface area contributed by atoms with Gasteiger partial charge in [0.25, 0.3) is 11.8 Å². The van der Waals surface area contributed by atoms with E-state index < -0.39 is 24.4 Å². The van der Waals surface area contributed by atoms with Crippen LogP contribution < -0.4 is 15.6 Å². The number of halogens is 1. The number of ether oxygens (including phenoxy) is 2. The van der Waals surface area contributed by atoms with Crippen LogP contribution in [0, 0.1) is 13.8 Å². The maximum absolute atomic E-state index is 12.1. The molecule has 0 bridgehead atoms. The molecular weight excluding hydrogens is 384 g/mol. The molecule has 2 amide bonds. The number of methoxy groups -OCH3 is 1. The van der Waals surface area contributed by atoms with Crippen LogP contribution in [0.25, 0.3) is 0 Å². The van der Waals surface area contributed by atoms with Crippen LogP contribution in [0.3, 0.4) is 0 Å². The number of nitrogens with one attached hydrogen (secondary N) is 2. The monoisotopic (exact) mass is 404 g/mol. The summed E-state index contributed by atoms with van der Waals surface area (Å²) >= 11 is 5.87. The molecule has 0 radical (unpaired) electrons. The van der Waals surface area contributed by atoms with E-state index in [1.165, 1.54) is 19.2 Å². The van der Waals surface area contributed by atoms with Gasteiger partial charge in [-0.1, -0.05) is 29.8 Å². The van der Waals surface area contributed by atoms with E-state index in [1.807, 2.05) is 32.0 Å². The highest BCUT2D eigenvalue weighted by molar-refractivity contribution is 6.31. The molecule has 0 spiro atoms. The molecule has 0 saturated carbocycles. The number of esters is 1. The van der Waals surface area contributed by atoms with Crippen molar-refractivity contribution in [3.63, 3.8) is 0 Å². The van der Waals surface area contributed by atoms with Crippen molar-refractivity contribution in [3.8, 4) is 5.75 Å². The number of carbonyl (C=O) groups is 3. The summed E-state index contributed by atoms with van der Waals surface area (Å²) in [5.74, 6) is -1.53. The highest BCUT2D eigenvalue weighted by Gasteiger charge is 2.14. The van der Waals surface area contributed by atoms with E-state index in [2.05, 4.69) is 10.9 Å². The van der Waals surface area contributed by atoms with Gasteiger partial charge in [-0.3, -0.25) is 25.2 Å². The van der Waals surface area contributed by atoms with Crippen LogP contribution >= 0.6 is 11.6 Å². The first-order chi connectivity index (χ1) is 13.3. The van der Waals surface area contributed by atoms with Gasteiger partial charge in [0.05, 0.1) is 19.1 Å². The summed E-state index contributed by atoms with van der Waals surface area (Å²) in [4.78, 5) is 35.8. The Morgan fingerprint density at radius 1 is 1.00 bits per heavy atom. The molecule has 2 N–H and O–H groups in total. The Kier molecular flexibility index (Phi) is 7.40. The molecule has 148 valence electrons. The molecule has 2 rings (SSSR count). The van der Waals surface area contributed by atoms with Gasteiger partial charge in [0.2, 0.25) is 0 Å². The lowest BCUT2D eigenvalue weighted by Gasteiger charge is -2.11. The van der Waals surface area contributed by atoms with Gasteiger partial charge in [0.1, 0.15) is 5.75 Å². The van der Waals surface area contributed by atoms with Crippen LogP contribution in [0.1, 0.15) is 27.0 Å². The molecule has 7 nitrogen and oxygen atoms in total. The van der Waals surface area contributed by atoms with E-state index in [9.17, 15) is 14.4 Å². The van der Waals surface area contributed by atoms with Gasteiger partial charge in [0, 0.05) is 5.02 Å². The smallest absolute Gasteiger partial charge is 0.310 e. The number of hydrazine groups is 1. The van der Waals surface area contributed by atoms with Gasteiger partial charge in [0.15, 0.2) is 6.61 Å². The van der Waals surface area contributed by atoms with E-state index in [4.69, 9.17) is 21.1 Å². The maximum Gasteiger partial charge on any atom is 0.310 e. The van der Waals surface area contributed by atoms with Gasteiger partial charge >= 0.3 is 5.97 Å². The first kappa shape index (κ1) is 21.2. The molecule has 0 fully saturated rings. The zero-order valence-electron chi connectivity index (χ0n) is 15.8. The van der Waals surface area contributed by atoms with Crippen molar-refractivity contribution in [3.05, 3.63) is 63.7 Å². The van der Waals surface area contributed by atoms with Gasteiger partial charge < -0.3 is 9.47 Å². The molecular formula is C20H21ClN2O5. The minimum atomic E-state index is -0.678. The summed E-state index contributed by atoms with van der Waals surface area (Å²) in [6.07, 6.45) is 0.0560. The lowest BCUT2D eigenvalue weighted by Crippen LogP contribution is -2.43. The Balaban J connectivity index is 1.81. The largest absolute Gasteiger partial charge is 0.496 e. The zero-order chi connectivity index (χ0) is 20.7. The summed E-state index contributed by atoms with van der Waals surface area (Å²) < 4.78 is 10.0. The van der Waals surface area contributed by atoms with Gasteiger partial charge in [-0.2, -0.15) is 0 Å². The Bertz CT molecular complexity index is 898. The van der Waals surface area contributed by atoms with Crippen LogP contribution in [0.15, 0.2) is 36.4 Å². The number of rotatable bonds is 6. The summed E-state index contributed by atoms with van der Waals surface area (Å²) in [6, 6.07) is 10.2. The second-order valence-corrected chi connectivity index (χ2v) is 6.54. The first-order valence-corrected chi connectivity index (χ1v) is 8.82. The van der Waals surface area contributed by atoms with Crippen molar-refractivity contribution in [1.29, 1.82) is 0 Å². The van der Waals surface area contributed by atoms with Crippen LogP contribution in [0.2, 0.25) is 5.02 Å². The second kappa shape index (κ2) is 9.75. The van der Waals surface area contributed by atoms with Crippen molar-refractivity contribution in [2.75, 3.05) is 13.7 Å². The summed E-state index contributed by atoms with van der Waals surface area (Å²) in [5, 5.41) is 0.345. The molecule has 0 aliphatic carbocycles. The zero-order valence-corrected chi connectivity index (χ0v) is 16.6. The molecule has 0 aliphatic heterocycles. The van der Waals surface area contributed by atoms with Crippen molar-refractivity contribution in [2.45, 2.75) is 20.3 Å². The normalized spacial score (nSPS) is 10.1. The van der Waals surface area contributed by atoms with Crippen molar-refractivity contribution in [2.24, 2.45) is 0 Å². The molecule has 0 unspecified atom stereocenters. The third kappa shape index (κ3) is 5.99. The fourth-order valence-electron chi connectivity index (χ4n) is 2.36. The number of hydrogen-bond donors (Lipinski definition) is 2. The number of hydrogen-bond acceptors (Lipinski definition) is 5. The lowest BCUT2D eigenvalue weighted by atomic mass is 10.0. The predicted octanol–water partition coefficient (Wildman–Crippen LogP) is 2.51. The van der Waals surface area contributed by atoms with Crippen LogP contribution in [-0.4, -0.2) is 31.5 Å². The van der Waals surface area contributed by atoms with Crippen LogP contribution in [0.5, 0.6) is 5.75 Å². The summed E-state index contributed by atoms with van der Waals surface area (Å²) in [5.41, 5.74) is 7.55. The molecule has 0 heterocycles. The Hall–Kier alpha value is -3.06. The third-order valence-corrected chi connectivity index (χ3v) is 4.24. The molecule has 28 heavy (non-hydrogen) atoms. The fourth-order valence-corrected chi connectivity index (χ4v) is 2.54. The van der Waals surface area contributed by atoms with Crippen LogP contribution in [0.4, 0.5) is 0 Å². The second-order valence-electron chi connectivity index (χ2n) is 6.10. The molecule has 2 aromatic carbocycles. The lowest BCUT2D eigenvalue weighted by molar-refractivity contribution is -0.148. The summed E-state index contributed by atoms with van der Waals surface area (Å²) in [6.45, 7) is 3.42. The minimum Gasteiger partial charge on any atom is -0.496 e. The quantitative estimate of drug-likeness (QED) is 0.570. The van der Waals surface area contributed by atoms with Gasteiger partial charge in [-0.05, 0) is 48.7 Å². The highest BCUT2D eigenvalue weighted by atomic mass is 35.5. The Labute approximate surface area is 167 Å². The minimum absolute atomic E-state index is 0.0560. The molecule has 0 aliphatic rings. The summed E-state index contributed by atoms with van der Waals surface area (Å²) in [7, 11) is 1.41. The number of benzene rings is 2. The molecule has 0 saturated heterocycles.